The fraction of sp³-hybridized carbons (Fsp3) is 0.500. The predicted octanol–water partition coefficient (Wildman–Crippen LogP) is 3.25. The van der Waals surface area contributed by atoms with E-state index in [0.717, 1.165) is 56.8 Å². The summed E-state index contributed by atoms with van der Waals surface area (Å²) in [4.78, 5) is 22.0. The Kier molecular flexibility index (Phi) is 4.83. The molecule has 25 heavy (non-hydrogen) atoms. The van der Waals surface area contributed by atoms with Crippen molar-refractivity contribution in [2.24, 2.45) is 0 Å². The zero-order valence-electron chi connectivity index (χ0n) is 14.6. The second-order valence-electron chi connectivity index (χ2n) is 7.13. The van der Waals surface area contributed by atoms with E-state index in [1.165, 1.54) is 24.0 Å². The van der Waals surface area contributed by atoms with E-state index < -0.39 is 0 Å². The summed E-state index contributed by atoms with van der Waals surface area (Å²) in [5, 5.41) is 3.36. The maximum atomic E-state index is 12.2. The van der Waals surface area contributed by atoms with Gasteiger partial charge in [0.25, 0.3) is 0 Å². The number of aromatic amines is 1. The van der Waals surface area contributed by atoms with E-state index in [2.05, 4.69) is 50.5 Å². The van der Waals surface area contributed by atoms with Gasteiger partial charge in [0.2, 0.25) is 0 Å². The first kappa shape index (κ1) is 16.3. The summed E-state index contributed by atoms with van der Waals surface area (Å²) in [6, 6.07) is 10.9. The van der Waals surface area contributed by atoms with Gasteiger partial charge >= 0.3 is 5.69 Å². The van der Waals surface area contributed by atoms with Crippen molar-refractivity contribution >= 4 is 5.82 Å². The minimum atomic E-state index is -0.228. The van der Waals surface area contributed by atoms with E-state index in [9.17, 15) is 4.79 Å². The van der Waals surface area contributed by atoms with Crippen LogP contribution in [0.2, 0.25) is 0 Å². The number of anilines is 1. The summed E-state index contributed by atoms with van der Waals surface area (Å²) in [6.07, 6.45) is 6.80. The van der Waals surface area contributed by atoms with Gasteiger partial charge in [0.1, 0.15) is 5.82 Å². The van der Waals surface area contributed by atoms with E-state index in [0.29, 0.717) is 0 Å². The third-order valence-electron chi connectivity index (χ3n) is 5.39. The van der Waals surface area contributed by atoms with Crippen molar-refractivity contribution in [1.82, 2.24) is 14.9 Å². The highest BCUT2D eigenvalue weighted by Gasteiger charge is 2.28. The van der Waals surface area contributed by atoms with Crippen LogP contribution in [0.25, 0.3) is 0 Å². The molecule has 1 atom stereocenters. The van der Waals surface area contributed by atoms with Crippen molar-refractivity contribution in [2.75, 3.05) is 18.4 Å². The van der Waals surface area contributed by atoms with Gasteiger partial charge in [0, 0.05) is 24.3 Å². The van der Waals surface area contributed by atoms with Crippen LogP contribution in [-0.4, -0.2) is 28.0 Å². The number of aromatic nitrogens is 2. The Morgan fingerprint density at radius 1 is 1.12 bits per heavy atom. The first-order chi connectivity index (χ1) is 12.3. The minimum absolute atomic E-state index is 0.228. The van der Waals surface area contributed by atoms with E-state index >= 15 is 0 Å². The fourth-order valence-corrected chi connectivity index (χ4v) is 4.16. The number of hydrogen-bond acceptors (Lipinski definition) is 4. The zero-order valence-corrected chi connectivity index (χ0v) is 14.6. The number of hydrogen-bond donors (Lipinski definition) is 2. The first-order valence-corrected chi connectivity index (χ1v) is 9.46. The molecule has 5 heteroatoms. The van der Waals surface area contributed by atoms with Crippen molar-refractivity contribution < 1.29 is 0 Å². The van der Waals surface area contributed by atoms with Crippen LogP contribution >= 0.6 is 0 Å². The molecule has 2 aromatic rings. The molecule has 0 radical (unpaired) electrons. The Labute approximate surface area is 148 Å². The second kappa shape index (κ2) is 7.40. The molecule has 0 saturated carbocycles. The molecule has 0 bridgehead atoms. The van der Waals surface area contributed by atoms with Gasteiger partial charge < -0.3 is 10.3 Å². The molecule has 2 N–H and O–H groups in total. The highest BCUT2D eigenvalue weighted by Crippen LogP contribution is 2.35. The largest absolute Gasteiger partial charge is 0.370 e. The highest BCUT2D eigenvalue weighted by molar-refractivity contribution is 5.47. The van der Waals surface area contributed by atoms with Crippen LogP contribution in [0.15, 0.2) is 35.1 Å². The van der Waals surface area contributed by atoms with Crippen LogP contribution in [-0.2, 0) is 13.0 Å². The molecule has 132 valence electrons. The zero-order chi connectivity index (χ0) is 17.1. The lowest BCUT2D eigenvalue weighted by molar-refractivity contribution is 0.136. The maximum absolute atomic E-state index is 12.2. The quantitative estimate of drug-likeness (QED) is 0.902. The Morgan fingerprint density at radius 2 is 2.00 bits per heavy atom. The molecule has 1 aromatic carbocycles. The Bertz CT molecular complexity index is 771. The number of nitrogens with zero attached hydrogens (tertiary/aromatic N) is 2. The van der Waals surface area contributed by atoms with Gasteiger partial charge in [0.05, 0.1) is 6.04 Å². The third-order valence-corrected chi connectivity index (χ3v) is 5.39. The molecule has 0 spiro atoms. The van der Waals surface area contributed by atoms with Gasteiger partial charge in [-0.15, -0.1) is 0 Å². The van der Waals surface area contributed by atoms with Gasteiger partial charge in [-0.05, 0) is 44.2 Å². The summed E-state index contributed by atoms with van der Waals surface area (Å²) < 4.78 is 0. The molecule has 1 aromatic heterocycles. The van der Waals surface area contributed by atoms with Crippen LogP contribution in [0, 0.1) is 0 Å². The van der Waals surface area contributed by atoms with Gasteiger partial charge in [-0.3, -0.25) is 4.90 Å². The lowest BCUT2D eigenvalue weighted by Crippen LogP contribution is -2.35. The van der Waals surface area contributed by atoms with Crippen molar-refractivity contribution in [1.29, 1.82) is 0 Å². The number of piperidine rings is 1. The van der Waals surface area contributed by atoms with E-state index in [1.807, 2.05) is 0 Å². The predicted molar refractivity (Wildman–Crippen MR) is 99.7 cm³/mol. The minimum Gasteiger partial charge on any atom is -0.370 e. The average molecular weight is 338 g/mol. The molecule has 1 saturated heterocycles. The average Bonchev–Trinajstić information content (AvgIpc) is 2.88. The van der Waals surface area contributed by atoms with E-state index in [1.54, 1.807) is 0 Å². The summed E-state index contributed by atoms with van der Waals surface area (Å²) in [5.74, 6) is 0.807. The van der Waals surface area contributed by atoms with Crippen LogP contribution in [0.5, 0.6) is 0 Å². The molecule has 0 amide bonds. The van der Waals surface area contributed by atoms with Crippen molar-refractivity contribution in [3.05, 3.63) is 57.6 Å². The van der Waals surface area contributed by atoms with Crippen LogP contribution in [0.3, 0.4) is 0 Å². The molecule has 4 rings (SSSR count). The Morgan fingerprint density at radius 3 is 2.88 bits per heavy atom. The van der Waals surface area contributed by atoms with Crippen molar-refractivity contribution in [3.8, 4) is 0 Å². The lowest BCUT2D eigenvalue weighted by atomic mass is 9.94. The monoisotopic (exact) mass is 338 g/mol. The molecule has 0 aliphatic carbocycles. The summed E-state index contributed by atoms with van der Waals surface area (Å²) in [5.41, 5.74) is 3.42. The van der Waals surface area contributed by atoms with Crippen molar-refractivity contribution in [3.63, 3.8) is 0 Å². The summed E-state index contributed by atoms with van der Waals surface area (Å²) in [6.45, 7) is 2.91. The number of nitrogens with one attached hydrogen (secondary N) is 2. The van der Waals surface area contributed by atoms with Gasteiger partial charge in [-0.25, -0.2) is 4.79 Å². The van der Waals surface area contributed by atoms with Crippen LogP contribution in [0.1, 0.15) is 55.0 Å². The number of likely N-dealkylation sites (tertiary alicyclic amines) is 1. The van der Waals surface area contributed by atoms with Crippen LogP contribution in [0.4, 0.5) is 5.82 Å². The lowest BCUT2D eigenvalue weighted by Gasteiger charge is -2.36. The van der Waals surface area contributed by atoms with Gasteiger partial charge in [-0.1, -0.05) is 36.8 Å². The molecule has 1 unspecified atom stereocenters. The second-order valence-corrected chi connectivity index (χ2v) is 7.13. The summed E-state index contributed by atoms with van der Waals surface area (Å²) in [7, 11) is 0. The molecular weight excluding hydrogens is 312 g/mol. The number of benzene rings is 1. The number of rotatable bonds is 3. The van der Waals surface area contributed by atoms with E-state index in [-0.39, 0.29) is 11.7 Å². The Hall–Kier alpha value is -2.14. The molecule has 3 heterocycles. The standard InChI is InChI=1S/C20H26N4O/c25-20-22-18(16-10-4-6-12-21-19(16)23-20)17-11-5-7-13-24(17)14-15-8-2-1-3-9-15/h1-3,8-9,17H,4-7,10-14H2,(H2,21,22,23,25). The maximum Gasteiger partial charge on any atom is 0.347 e. The van der Waals surface area contributed by atoms with E-state index in [4.69, 9.17) is 0 Å². The SMILES string of the molecule is O=c1nc2c(c(C3CCCCN3Cc3ccccc3)[nH]1)CCCCN2. The molecule has 1 fully saturated rings. The smallest absolute Gasteiger partial charge is 0.347 e. The van der Waals surface area contributed by atoms with Crippen molar-refractivity contribution in [2.45, 2.75) is 51.1 Å². The molecule has 2 aliphatic heterocycles. The van der Waals surface area contributed by atoms with Gasteiger partial charge in [-0.2, -0.15) is 4.98 Å². The topological polar surface area (TPSA) is 61.0 Å². The highest BCUT2D eigenvalue weighted by atomic mass is 16.1. The third kappa shape index (κ3) is 3.61. The number of H-pyrrole nitrogens is 1. The normalized spacial score (nSPS) is 21.2. The fourth-order valence-electron chi connectivity index (χ4n) is 4.16. The molecule has 2 aliphatic rings. The van der Waals surface area contributed by atoms with Crippen LogP contribution < -0.4 is 11.0 Å². The van der Waals surface area contributed by atoms with Gasteiger partial charge in [0.15, 0.2) is 0 Å². The molecular formula is C20H26N4O. The first-order valence-electron chi connectivity index (χ1n) is 9.46. The Balaban J connectivity index is 1.68. The summed E-state index contributed by atoms with van der Waals surface area (Å²) >= 11 is 0. The molecule has 5 nitrogen and oxygen atoms in total. The number of fused-ring (bicyclic) bond motifs is 1.